The smallest absolute Gasteiger partial charge is 0.228 e. The Morgan fingerprint density at radius 1 is 1.21 bits per heavy atom. The first-order valence-electron chi connectivity index (χ1n) is 9.66. The highest BCUT2D eigenvalue weighted by molar-refractivity contribution is 7.10. The van der Waals surface area contributed by atoms with Crippen LogP contribution in [0.1, 0.15) is 29.7 Å². The van der Waals surface area contributed by atoms with Crippen LogP contribution < -0.4 is 0 Å². The summed E-state index contributed by atoms with van der Waals surface area (Å²) in [6.07, 6.45) is 2.18. The Bertz CT molecular complexity index is 1170. The van der Waals surface area contributed by atoms with Crippen LogP contribution in [0.4, 0.5) is 4.39 Å². The highest BCUT2D eigenvalue weighted by Crippen LogP contribution is 2.35. The highest BCUT2D eigenvalue weighted by atomic mass is 32.1. The molecule has 1 amide bonds. The lowest BCUT2D eigenvalue weighted by Gasteiger charge is -2.22. The zero-order valence-electron chi connectivity index (χ0n) is 15.7. The fourth-order valence-corrected chi connectivity index (χ4v) is 4.63. The normalized spacial score (nSPS) is 16.6. The van der Waals surface area contributed by atoms with Gasteiger partial charge in [-0.05, 0) is 48.1 Å². The Morgan fingerprint density at radius 3 is 2.93 bits per heavy atom. The molecule has 3 heterocycles. The summed E-state index contributed by atoms with van der Waals surface area (Å²) in [6, 6.07) is 16.0. The van der Waals surface area contributed by atoms with Gasteiger partial charge in [0.05, 0.1) is 6.42 Å². The van der Waals surface area contributed by atoms with Gasteiger partial charge in [-0.2, -0.15) is 0 Å². The minimum Gasteiger partial charge on any atom is -0.438 e. The topological polar surface area (TPSA) is 46.3 Å². The third kappa shape index (κ3) is 3.44. The number of hydrogen-bond acceptors (Lipinski definition) is 4. The standard InChI is InChI=1S/C23H19FN2O2S/c24-18-7-2-1-6-17(18)15-9-10-21-19(13-15)25-23(28-21)20-8-3-11-26(20)22(27)14-16-5-4-12-29-16/h1-2,4-7,9-10,12-13,20H,3,8,11,14H2/t20-/m1/s1. The predicted octanol–water partition coefficient (Wildman–Crippen LogP) is 5.60. The van der Waals surface area contributed by atoms with E-state index in [-0.39, 0.29) is 17.8 Å². The fourth-order valence-electron chi connectivity index (χ4n) is 3.94. The molecule has 0 radical (unpaired) electrons. The molecule has 5 rings (SSSR count). The average molecular weight is 406 g/mol. The van der Waals surface area contributed by atoms with E-state index in [2.05, 4.69) is 4.98 Å². The van der Waals surface area contributed by atoms with Crippen LogP contribution in [0.5, 0.6) is 0 Å². The number of thiophene rings is 1. The number of oxazole rings is 1. The summed E-state index contributed by atoms with van der Waals surface area (Å²) in [4.78, 5) is 20.4. The summed E-state index contributed by atoms with van der Waals surface area (Å²) in [5.74, 6) is 0.392. The van der Waals surface area contributed by atoms with E-state index >= 15 is 0 Å². The Balaban J connectivity index is 1.44. The minimum atomic E-state index is -0.267. The van der Waals surface area contributed by atoms with E-state index in [1.54, 1.807) is 23.5 Å². The van der Waals surface area contributed by atoms with Crippen LogP contribution in [0.15, 0.2) is 64.4 Å². The summed E-state index contributed by atoms with van der Waals surface area (Å²) in [5, 5.41) is 1.98. The molecule has 0 unspecified atom stereocenters. The van der Waals surface area contributed by atoms with Crippen LogP contribution in [-0.4, -0.2) is 22.3 Å². The first kappa shape index (κ1) is 18.1. The number of carbonyl (C=O) groups excluding carboxylic acids is 1. The molecule has 1 atom stereocenters. The van der Waals surface area contributed by atoms with Gasteiger partial charge in [-0.1, -0.05) is 30.3 Å². The fraction of sp³-hybridized carbons (Fsp3) is 0.217. The molecule has 2 aromatic carbocycles. The molecule has 6 heteroatoms. The van der Waals surface area contributed by atoms with Crippen molar-refractivity contribution in [1.82, 2.24) is 9.88 Å². The van der Waals surface area contributed by atoms with Crippen LogP contribution in [0.25, 0.3) is 22.2 Å². The van der Waals surface area contributed by atoms with Crippen molar-refractivity contribution in [2.75, 3.05) is 6.54 Å². The molecule has 0 aliphatic carbocycles. The van der Waals surface area contributed by atoms with Crippen molar-refractivity contribution >= 4 is 28.3 Å². The first-order chi connectivity index (χ1) is 14.2. The van der Waals surface area contributed by atoms with E-state index in [0.717, 1.165) is 23.3 Å². The van der Waals surface area contributed by atoms with Crippen LogP contribution >= 0.6 is 11.3 Å². The molecule has 0 saturated carbocycles. The molecule has 1 saturated heterocycles. The maximum Gasteiger partial charge on any atom is 0.228 e. The molecule has 4 aromatic rings. The summed E-state index contributed by atoms with van der Waals surface area (Å²) < 4.78 is 20.1. The minimum absolute atomic E-state index is 0.101. The number of likely N-dealkylation sites (tertiary alicyclic amines) is 1. The summed E-state index contributed by atoms with van der Waals surface area (Å²) >= 11 is 1.59. The number of benzene rings is 2. The van der Waals surface area contributed by atoms with Gasteiger partial charge >= 0.3 is 0 Å². The van der Waals surface area contributed by atoms with Crippen molar-refractivity contribution in [2.24, 2.45) is 0 Å². The van der Waals surface area contributed by atoms with Crippen LogP contribution in [-0.2, 0) is 11.2 Å². The van der Waals surface area contributed by atoms with E-state index in [9.17, 15) is 9.18 Å². The van der Waals surface area contributed by atoms with Crippen LogP contribution in [0.2, 0.25) is 0 Å². The quantitative estimate of drug-likeness (QED) is 0.443. The van der Waals surface area contributed by atoms with Gasteiger partial charge in [0.25, 0.3) is 0 Å². The first-order valence-corrected chi connectivity index (χ1v) is 10.5. The third-order valence-electron chi connectivity index (χ3n) is 5.35. The molecule has 0 N–H and O–H groups in total. The van der Waals surface area contributed by atoms with Crippen molar-refractivity contribution in [3.05, 3.63) is 76.6 Å². The van der Waals surface area contributed by atoms with Gasteiger partial charge < -0.3 is 9.32 Å². The molecule has 29 heavy (non-hydrogen) atoms. The molecule has 2 aromatic heterocycles. The largest absolute Gasteiger partial charge is 0.438 e. The van der Waals surface area contributed by atoms with E-state index in [1.807, 2.05) is 46.7 Å². The van der Waals surface area contributed by atoms with Gasteiger partial charge in [0, 0.05) is 17.0 Å². The van der Waals surface area contributed by atoms with Gasteiger partial charge in [-0.15, -0.1) is 11.3 Å². The predicted molar refractivity (Wildman–Crippen MR) is 111 cm³/mol. The second-order valence-electron chi connectivity index (χ2n) is 7.22. The lowest BCUT2D eigenvalue weighted by Crippen LogP contribution is -2.31. The number of amides is 1. The van der Waals surface area contributed by atoms with Gasteiger partial charge in [0.1, 0.15) is 17.4 Å². The number of carbonyl (C=O) groups is 1. The van der Waals surface area contributed by atoms with Crippen molar-refractivity contribution in [3.8, 4) is 11.1 Å². The maximum absolute atomic E-state index is 14.1. The van der Waals surface area contributed by atoms with Gasteiger partial charge in [0.15, 0.2) is 5.58 Å². The number of halogens is 1. The van der Waals surface area contributed by atoms with Crippen LogP contribution in [0, 0.1) is 5.82 Å². The van der Waals surface area contributed by atoms with E-state index < -0.39 is 0 Å². The van der Waals surface area contributed by atoms with Crippen molar-refractivity contribution in [2.45, 2.75) is 25.3 Å². The van der Waals surface area contributed by atoms with Gasteiger partial charge in [0.2, 0.25) is 11.8 Å². The summed E-state index contributed by atoms with van der Waals surface area (Å²) in [5.41, 5.74) is 2.62. The van der Waals surface area contributed by atoms with Crippen molar-refractivity contribution in [1.29, 1.82) is 0 Å². The SMILES string of the molecule is O=C(Cc1cccs1)N1CCC[C@@H]1c1nc2cc(-c3ccccc3F)ccc2o1. The number of hydrogen-bond donors (Lipinski definition) is 0. The Morgan fingerprint density at radius 2 is 2.10 bits per heavy atom. The molecule has 1 fully saturated rings. The highest BCUT2D eigenvalue weighted by Gasteiger charge is 2.33. The molecule has 1 aliphatic rings. The maximum atomic E-state index is 14.1. The lowest BCUT2D eigenvalue weighted by molar-refractivity contribution is -0.131. The summed E-state index contributed by atoms with van der Waals surface area (Å²) in [6.45, 7) is 0.716. The lowest BCUT2D eigenvalue weighted by atomic mass is 10.0. The van der Waals surface area contributed by atoms with Gasteiger partial charge in [-0.3, -0.25) is 4.79 Å². The molecule has 146 valence electrons. The zero-order chi connectivity index (χ0) is 19.8. The average Bonchev–Trinajstić information content (AvgIpc) is 3.47. The molecule has 0 spiro atoms. The monoisotopic (exact) mass is 406 g/mol. The van der Waals surface area contributed by atoms with E-state index in [0.29, 0.717) is 35.5 Å². The van der Waals surface area contributed by atoms with Gasteiger partial charge in [-0.25, -0.2) is 9.37 Å². The van der Waals surface area contributed by atoms with E-state index in [1.165, 1.54) is 6.07 Å². The second kappa shape index (κ2) is 7.44. The number of rotatable bonds is 4. The third-order valence-corrected chi connectivity index (χ3v) is 6.23. The van der Waals surface area contributed by atoms with E-state index in [4.69, 9.17) is 4.42 Å². The zero-order valence-corrected chi connectivity index (χ0v) is 16.5. The van der Waals surface area contributed by atoms with Crippen molar-refractivity contribution < 1.29 is 13.6 Å². The number of fused-ring (bicyclic) bond motifs is 1. The van der Waals surface area contributed by atoms with Crippen LogP contribution in [0.3, 0.4) is 0 Å². The Hall–Kier alpha value is -2.99. The summed E-state index contributed by atoms with van der Waals surface area (Å²) in [7, 11) is 0. The molecule has 1 aliphatic heterocycles. The molecule has 0 bridgehead atoms. The molecule has 4 nitrogen and oxygen atoms in total. The molecular formula is C23H19FN2O2S. The Kier molecular flexibility index (Phi) is 4.64. The molecular weight excluding hydrogens is 387 g/mol. The van der Waals surface area contributed by atoms with Crippen molar-refractivity contribution in [3.63, 3.8) is 0 Å². The Labute approximate surface area is 171 Å². The number of aromatic nitrogens is 1. The number of nitrogens with zero attached hydrogens (tertiary/aromatic N) is 2. The second-order valence-corrected chi connectivity index (χ2v) is 8.25.